The Kier molecular flexibility index (Phi) is 7.58. The first kappa shape index (κ1) is 24.6. The van der Waals surface area contributed by atoms with Crippen LogP contribution in [0.15, 0.2) is 94.4 Å². The number of halogens is 1. The molecule has 0 spiro atoms. The maximum Gasteiger partial charge on any atom is 0.278 e. The number of carbonyl (C=O) groups is 3. The van der Waals surface area contributed by atoms with Crippen molar-refractivity contribution in [1.82, 2.24) is 4.90 Å². The van der Waals surface area contributed by atoms with Gasteiger partial charge in [-0.3, -0.25) is 19.3 Å². The number of carbonyl (C=O) groups excluding carboxylic acids is 3. The van der Waals surface area contributed by atoms with Crippen LogP contribution in [-0.4, -0.2) is 29.2 Å². The molecule has 4 rings (SSSR count). The van der Waals surface area contributed by atoms with Gasteiger partial charge < -0.3 is 10.6 Å². The number of hydrogen-bond acceptors (Lipinski definition) is 5. The Morgan fingerprint density at radius 1 is 0.886 bits per heavy atom. The molecule has 0 aromatic heterocycles. The predicted molar refractivity (Wildman–Crippen MR) is 140 cm³/mol. The van der Waals surface area contributed by atoms with Crippen molar-refractivity contribution in [2.24, 2.45) is 5.92 Å². The van der Waals surface area contributed by atoms with E-state index in [9.17, 15) is 14.4 Å². The lowest BCUT2D eigenvalue weighted by Gasteiger charge is -2.17. The van der Waals surface area contributed by atoms with Gasteiger partial charge in [-0.05, 0) is 66.6 Å². The number of rotatable bonds is 8. The average Bonchev–Trinajstić information content (AvgIpc) is 3.05. The molecule has 0 fully saturated rings. The number of hydrogen-bond donors (Lipinski definition) is 2. The monoisotopic (exact) mass is 505 g/mol. The van der Waals surface area contributed by atoms with Crippen LogP contribution in [0.2, 0.25) is 5.02 Å². The third kappa shape index (κ3) is 5.93. The number of imide groups is 1. The van der Waals surface area contributed by atoms with E-state index in [4.69, 9.17) is 11.6 Å². The molecule has 2 N–H and O–H groups in total. The Labute approximate surface area is 213 Å². The molecule has 3 amide bonds. The quantitative estimate of drug-likeness (QED) is 0.365. The van der Waals surface area contributed by atoms with Crippen LogP contribution < -0.4 is 10.6 Å². The fraction of sp³-hybridized carbons (Fsp3) is 0.148. The molecule has 3 aromatic carbocycles. The number of amides is 3. The molecule has 1 aliphatic rings. The smallest absolute Gasteiger partial charge is 0.278 e. The molecule has 6 nitrogen and oxygen atoms in total. The number of anilines is 2. The van der Waals surface area contributed by atoms with Gasteiger partial charge in [0.05, 0.1) is 0 Å². The maximum absolute atomic E-state index is 13.2. The van der Waals surface area contributed by atoms with Crippen LogP contribution in [0.1, 0.15) is 24.2 Å². The van der Waals surface area contributed by atoms with Crippen LogP contribution in [-0.2, 0) is 9.59 Å². The highest BCUT2D eigenvalue weighted by Crippen LogP contribution is 2.36. The third-order valence-electron chi connectivity index (χ3n) is 5.15. The van der Waals surface area contributed by atoms with Crippen LogP contribution in [0.3, 0.4) is 0 Å². The largest absolute Gasteiger partial charge is 0.350 e. The highest BCUT2D eigenvalue weighted by atomic mass is 35.5. The average molecular weight is 506 g/mol. The van der Waals surface area contributed by atoms with E-state index in [2.05, 4.69) is 10.6 Å². The summed E-state index contributed by atoms with van der Waals surface area (Å²) < 4.78 is 0. The second-order valence-electron chi connectivity index (χ2n) is 8.40. The number of thioether (sulfide) groups is 1. The number of para-hydroxylation sites is 1. The van der Waals surface area contributed by atoms with E-state index in [1.165, 1.54) is 16.7 Å². The van der Waals surface area contributed by atoms with Gasteiger partial charge in [-0.15, -0.1) is 0 Å². The van der Waals surface area contributed by atoms with Crippen molar-refractivity contribution in [2.45, 2.75) is 18.7 Å². The molecule has 8 heteroatoms. The van der Waals surface area contributed by atoms with E-state index in [1.54, 1.807) is 48.5 Å². The molecule has 3 aromatic rings. The van der Waals surface area contributed by atoms with Crippen LogP contribution in [0.4, 0.5) is 11.4 Å². The van der Waals surface area contributed by atoms with Gasteiger partial charge in [0.2, 0.25) is 0 Å². The summed E-state index contributed by atoms with van der Waals surface area (Å²) in [5, 5.41) is 6.53. The lowest BCUT2D eigenvalue weighted by Crippen LogP contribution is -2.35. The minimum atomic E-state index is -0.332. The Morgan fingerprint density at radius 3 is 2.17 bits per heavy atom. The van der Waals surface area contributed by atoms with Crippen molar-refractivity contribution < 1.29 is 14.4 Å². The molecule has 0 bridgehead atoms. The van der Waals surface area contributed by atoms with Crippen molar-refractivity contribution >= 4 is 52.5 Å². The van der Waals surface area contributed by atoms with Gasteiger partial charge >= 0.3 is 0 Å². The summed E-state index contributed by atoms with van der Waals surface area (Å²) in [5.74, 6) is -0.747. The summed E-state index contributed by atoms with van der Waals surface area (Å²) in [7, 11) is 0. The molecule has 0 aliphatic carbocycles. The van der Waals surface area contributed by atoms with E-state index in [-0.39, 0.29) is 29.3 Å². The molecule has 0 atom stereocenters. The molecular weight excluding hydrogens is 482 g/mol. The molecule has 35 heavy (non-hydrogen) atoms. The summed E-state index contributed by atoms with van der Waals surface area (Å²) in [4.78, 5) is 41.1. The van der Waals surface area contributed by atoms with Crippen LogP contribution in [0.5, 0.6) is 0 Å². The molecule has 178 valence electrons. The second kappa shape index (κ2) is 10.8. The Bertz CT molecular complexity index is 1270. The summed E-state index contributed by atoms with van der Waals surface area (Å²) in [5.41, 5.74) is 2.11. The summed E-state index contributed by atoms with van der Waals surface area (Å²) in [6.07, 6.45) is 0. The van der Waals surface area contributed by atoms with Gasteiger partial charge in [0.15, 0.2) is 0 Å². The Balaban J connectivity index is 1.53. The Morgan fingerprint density at radius 2 is 1.54 bits per heavy atom. The fourth-order valence-electron chi connectivity index (χ4n) is 3.48. The minimum Gasteiger partial charge on any atom is -0.350 e. The number of benzene rings is 3. The standard InChI is InChI=1S/C27H24ClN3O3S/c1-17(2)16-31-26(33)23(29-20-6-4-3-5-7-20)24(27(31)34)35-22-14-12-21(13-15-22)30-25(32)18-8-10-19(28)11-9-18/h3-15,17,29H,16H2,1-2H3,(H,30,32). The first-order valence-corrected chi connectivity index (χ1v) is 12.3. The SMILES string of the molecule is CC(C)CN1C(=O)C(Nc2ccccc2)=C(Sc2ccc(NC(=O)c3ccc(Cl)cc3)cc2)C1=O. The molecular formula is C27H24ClN3O3S. The first-order valence-electron chi connectivity index (χ1n) is 11.1. The van der Waals surface area contributed by atoms with Gasteiger partial charge in [0.25, 0.3) is 17.7 Å². The van der Waals surface area contributed by atoms with Gasteiger partial charge in [-0.2, -0.15) is 0 Å². The summed E-state index contributed by atoms with van der Waals surface area (Å²) in [6.45, 7) is 4.28. The van der Waals surface area contributed by atoms with Crippen molar-refractivity contribution in [1.29, 1.82) is 0 Å². The topological polar surface area (TPSA) is 78.5 Å². The first-order chi connectivity index (χ1) is 16.8. The molecule has 0 saturated carbocycles. The zero-order valence-corrected chi connectivity index (χ0v) is 20.8. The summed E-state index contributed by atoms with van der Waals surface area (Å²) in [6, 6.07) is 23.0. The van der Waals surface area contributed by atoms with E-state index < -0.39 is 0 Å². The fourth-order valence-corrected chi connectivity index (χ4v) is 4.56. The highest BCUT2D eigenvalue weighted by Gasteiger charge is 2.39. The van der Waals surface area contributed by atoms with Crippen molar-refractivity contribution in [3.63, 3.8) is 0 Å². The van der Waals surface area contributed by atoms with Crippen LogP contribution in [0, 0.1) is 5.92 Å². The lowest BCUT2D eigenvalue weighted by molar-refractivity contribution is -0.137. The normalized spacial score (nSPS) is 13.5. The Hall–Kier alpha value is -3.55. The summed E-state index contributed by atoms with van der Waals surface area (Å²) >= 11 is 7.11. The highest BCUT2D eigenvalue weighted by molar-refractivity contribution is 8.04. The van der Waals surface area contributed by atoms with Gasteiger partial charge in [0, 0.05) is 33.4 Å². The van der Waals surface area contributed by atoms with E-state index in [0.717, 1.165) is 10.6 Å². The number of nitrogens with zero attached hydrogens (tertiary/aromatic N) is 1. The van der Waals surface area contributed by atoms with Crippen molar-refractivity contribution in [3.8, 4) is 0 Å². The van der Waals surface area contributed by atoms with Gasteiger partial charge in [0.1, 0.15) is 10.6 Å². The van der Waals surface area contributed by atoms with Crippen molar-refractivity contribution in [2.75, 3.05) is 17.2 Å². The molecule has 0 saturated heterocycles. The van der Waals surface area contributed by atoms with E-state index in [1.807, 2.05) is 44.2 Å². The predicted octanol–water partition coefficient (Wildman–Crippen LogP) is 6.03. The lowest BCUT2D eigenvalue weighted by atomic mass is 10.2. The van der Waals surface area contributed by atoms with Crippen LogP contribution >= 0.6 is 23.4 Å². The van der Waals surface area contributed by atoms with Gasteiger partial charge in [-0.25, -0.2) is 0 Å². The zero-order chi connectivity index (χ0) is 24.9. The van der Waals surface area contributed by atoms with Crippen molar-refractivity contribution in [3.05, 3.63) is 100 Å². The second-order valence-corrected chi connectivity index (χ2v) is 9.92. The van der Waals surface area contributed by atoms with Crippen LogP contribution in [0.25, 0.3) is 0 Å². The van der Waals surface area contributed by atoms with E-state index in [0.29, 0.717) is 27.7 Å². The third-order valence-corrected chi connectivity index (χ3v) is 6.50. The zero-order valence-electron chi connectivity index (χ0n) is 19.2. The molecule has 1 aliphatic heterocycles. The molecule has 0 unspecified atom stereocenters. The maximum atomic E-state index is 13.2. The molecule has 0 radical (unpaired) electrons. The van der Waals surface area contributed by atoms with Gasteiger partial charge in [-0.1, -0.05) is 55.4 Å². The minimum absolute atomic E-state index is 0.147. The van der Waals surface area contributed by atoms with E-state index >= 15 is 0 Å². The molecule has 1 heterocycles. The number of nitrogens with one attached hydrogen (secondary N) is 2.